The number of hydrogen-bond donors (Lipinski definition) is 1. The zero-order valence-corrected chi connectivity index (χ0v) is 12.6. The van der Waals surface area contributed by atoms with Crippen LogP contribution in [0.25, 0.3) is 0 Å². The molecule has 0 aliphatic carbocycles. The Balaban J connectivity index is 2.59. The first-order chi connectivity index (χ1) is 8.81. The van der Waals surface area contributed by atoms with E-state index in [1.807, 2.05) is 32.0 Å². The van der Waals surface area contributed by atoms with Gasteiger partial charge >= 0.3 is 0 Å². The van der Waals surface area contributed by atoms with Crippen molar-refractivity contribution in [3.8, 4) is 0 Å². The Morgan fingerprint density at radius 3 is 2.32 bits per heavy atom. The molecule has 0 radical (unpaired) electrons. The van der Waals surface area contributed by atoms with Gasteiger partial charge in [-0.15, -0.1) is 0 Å². The first kappa shape index (κ1) is 15.9. The average molecular weight is 261 g/mol. The smallest absolute Gasteiger partial charge is 0.140 e. The second kappa shape index (κ2) is 6.85. The minimum absolute atomic E-state index is 0.0115. The van der Waals surface area contributed by atoms with Crippen molar-refractivity contribution in [2.75, 3.05) is 0 Å². The third-order valence-electron chi connectivity index (χ3n) is 3.47. The molecular weight excluding hydrogens is 234 g/mol. The van der Waals surface area contributed by atoms with Gasteiger partial charge in [-0.25, -0.2) is 0 Å². The zero-order valence-electron chi connectivity index (χ0n) is 12.6. The van der Waals surface area contributed by atoms with Crippen LogP contribution in [-0.2, 0) is 11.2 Å². The van der Waals surface area contributed by atoms with E-state index >= 15 is 0 Å². The Bertz CT molecular complexity index is 395. The molecule has 1 unspecified atom stereocenters. The minimum Gasteiger partial charge on any atom is -0.327 e. The van der Waals surface area contributed by atoms with Gasteiger partial charge in [-0.3, -0.25) is 4.79 Å². The van der Waals surface area contributed by atoms with Gasteiger partial charge in [-0.1, -0.05) is 58.0 Å². The number of carbonyl (C=O) groups excluding carboxylic acids is 1. The molecule has 0 aliphatic heterocycles. The van der Waals surface area contributed by atoms with Crippen LogP contribution in [0.15, 0.2) is 30.3 Å². The summed E-state index contributed by atoms with van der Waals surface area (Å²) in [6.45, 7) is 8.31. The fourth-order valence-electron chi connectivity index (χ4n) is 2.41. The lowest BCUT2D eigenvalue weighted by atomic mass is 9.79. The molecule has 1 aromatic carbocycles. The first-order valence-corrected chi connectivity index (χ1v) is 7.14. The second-order valence-electron chi connectivity index (χ2n) is 6.56. The zero-order chi connectivity index (χ0) is 14.5. The van der Waals surface area contributed by atoms with E-state index in [0.717, 1.165) is 12.8 Å². The van der Waals surface area contributed by atoms with Gasteiger partial charge in [0.15, 0.2) is 0 Å². The first-order valence-electron chi connectivity index (χ1n) is 7.14. The monoisotopic (exact) mass is 261 g/mol. The summed E-state index contributed by atoms with van der Waals surface area (Å²) in [5, 5.41) is 0. The van der Waals surface area contributed by atoms with Crippen LogP contribution in [0.2, 0.25) is 0 Å². The van der Waals surface area contributed by atoms with E-state index in [1.54, 1.807) is 0 Å². The molecule has 0 fully saturated rings. The Morgan fingerprint density at radius 2 is 1.79 bits per heavy atom. The van der Waals surface area contributed by atoms with Crippen molar-refractivity contribution in [3.63, 3.8) is 0 Å². The number of carbonyl (C=O) groups is 1. The fraction of sp³-hybridized carbons (Fsp3) is 0.588. The summed E-state index contributed by atoms with van der Waals surface area (Å²) in [5.74, 6) is 0.810. The average Bonchev–Trinajstić information content (AvgIpc) is 2.28. The maximum atomic E-state index is 12.4. The maximum absolute atomic E-state index is 12.4. The number of Topliss-reactive ketones (excluding diaryl/α,β-unsaturated/α-hetero) is 1. The summed E-state index contributed by atoms with van der Waals surface area (Å²) in [5.41, 5.74) is 6.91. The SMILES string of the molecule is CC(C)CC(N)CC(=O)C(C)(C)Cc1ccccc1. The van der Waals surface area contributed by atoms with Crippen molar-refractivity contribution in [2.24, 2.45) is 17.1 Å². The third kappa shape index (κ3) is 5.56. The van der Waals surface area contributed by atoms with Gasteiger partial charge in [0.2, 0.25) is 0 Å². The second-order valence-corrected chi connectivity index (χ2v) is 6.56. The van der Waals surface area contributed by atoms with E-state index in [2.05, 4.69) is 26.0 Å². The van der Waals surface area contributed by atoms with E-state index in [1.165, 1.54) is 5.56 Å². The fourth-order valence-corrected chi connectivity index (χ4v) is 2.41. The molecule has 0 amide bonds. The Morgan fingerprint density at radius 1 is 1.21 bits per heavy atom. The quantitative estimate of drug-likeness (QED) is 0.815. The van der Waals surface area contributed by atoms with E-state index in [9.17, 15) is 4.79 Å². The molecule has 19 heavy (non-hydrogen) atoms. The van der Waals surface area contributed by atoms with Gasteiger partial charge in [0.25, 0.3) is 0 Å². The molecule has 1 atom stereocenters. The number of hydrogen-bond acceptors (Lipinski definition) is 2. The van der Waals surface area contributed by atoms with E-state index in [4.69, 9.17) is 5.73 Å². The Hall–Kier alpha value is -1.15. The van der Waals surface area contributed by atoms with Crippen molar-refractivity contribution >= 4 is 5.78 Å². The molecule has 0 aliphatic rings. The van der Waals surface area contributed by atoms with Crippen LogP contribution in [0.4, 0.5) is 0 Å². The highest BCUT2D eigenvalue weighted by Gasteiger charge is 2.28. The number of ketones is 1. The molecule has 0 saturated carbocycles. The molecule has 0 saturated heterocycles. The molecule has 106 valence electrons. The normalized spacial score (nSPS) is 13.6. The van der Waals surface area contributed by atoms with Crippen LogP contribution >= 0.6 is 0 Å². The van der Waals surface area contributed by atoms with Crippen LogP contribution < -0.4 is 5.73 Å². The lowest BCUT2D eigenvalue weighted by Crippen LogP contribution is -2.34. The molecule has 2 heteroatoms. The van der Waals surface area contributed by atoms with E-state index in [0.29, 0.717) is 12.3 Å². The summed E-state index contributed by atoms with van der Waals surface area (Å²) >= 11 is 0. The molecule has 0 bridgehead atoms. The van der Waals surface area contributed by atoms with Crippen LogP contribution in [0.5, 0.6) is 0 Å². The standard InChI is InChI=1S/C17H27NO/c1-13(2)10-15(18)11-16(19)17(3,4)12-14-8-6-5-7-9-14/h5-9,13,15H,10-12,18H2,1-4H3. The molecular formula is C17H27NO. The van der Waals surface area contributed by atoms with Gasteiger partial charge in [0, 0.05) is 17.9 Å². The molecule has 1 rings (SSSR count). The number of nitrogens with two attached hydrogens (primary N) is 1. The summed E-state index contributed by atoms with van der Waals surface area (Å²) in [7, 11) is 0. The van der Waals surface area contributed by atoms with Crippen molar-refractivity contribution in [3.05, 3.63) is 35.9 Å². The predicted octanol–water partition coefficient (Wildman–Crippen LogP) is 3.59. The topological polar surface area (TPSA) is 43.1 Å². The molecule has 0 aromatic heterocycles. The van der Waals surface area contributed by atoms with Crippen LogP contribution in [0.1, 0.15) is 46.1 Å². The Labute approximate surface area is 117 Å². The number of benzene rings is 1. The highest BCUT2D eigenvalue weighted by Crippen LogP contribution is 2.25. The van der Waals surface area contributed by atoms with Crippen molar-refractivity contribution in [1.82, 2.24) is 0 Å². The maximum Gasteiger partial charge on any atom is 0.140 e. The third-order valence-corrected chi connectivity index (χ3v) is 3.47. The van der Waals surface area contributed by atoms with Crippen LogP contribution in [0.3, 0.4) is 0 Å². The molecule has 0 spiro atoms. The van der Waals surface area contributed by atoms with E-state index < -0.39 is 0 Å². The van der Waals surface area contributed by atoms with Crippen LogP contribution in [0, 0.1) is 11.3 Å². The molecule has 2 nitrogen and oxygen atoms in total. The van der Waals surface area contributed by atoms with Gasteiger partial charge in [0.1, 0.15) is 5.78 Å². The van der Waals surface area contributed by atoms with Gasteiger partial charge in [-0.05, 0) is 24.3 Å². The van der Waals surface area contributed by atoms with Crippen molar-refractivity contribution in [2.45, 2.75) is 53.0 Å². The Kier molecular flexibility index (Phi) is 5.74. The van der Waals surface area contributed by atoms with Gasteiger partial charge in [-0.2, -0.15) is 0 Å². The molecule has 2 N–H and O–H groups in total. The lowest BCUT2D eigenvalue weighted by molar-refractivity contribution is -0.127. The number of rotatable bonds is 7. The van der Waals surface area contributed by atoms with Crippen LogP contribution in [-0.4, -0.2) is 11.8 Å². The summed E-state index contributed by atoms with van der Waals surface area (Å²) in [4.78, 5) is 12.4. The molecule has 1 aromatic rings. The van der Waals surface area contributed by atoms with Gasteiger partial charge < -0.3 is 5.73 Å². The summed E-state index contributed by atoms with van der Waals surface area (Å²) < 4.78 is 0. The highest BCUT2D eigenvalue weighted by atomic mass is 16.1. The predicted molar refractivity (Wildman–Crippen MR) is 81.0 cm³/mol. The minimum atomic E-state index is -0.337. The lowest BCUT2D eigenvalue weighted by Gasteiger charge is -2.25. The largest absolute Gasteiger partial charge is 0.327 e. The molecule has 0 heterocycles. The summed E-state index contributed by atoms with van der Waals surface area (Å²) in [6.07, 6.45) is 2.17. The van der Waals surface area contributed by atoms with Gasteiger partial charge in [0.05, 0.1) is 0 Å². The highest BCUT2D eigenvalue weighted by molar-refractivity contribution is 5.84. The van der Waals surface area contributed by atoms with Crippen molar-refractivity contribution < 1.29 is 4.79 Å². The van der Waals surface area contributed by atoms with E-state index in [-0.39, 0.29) is 17.2 Å². The summed E-state index contributed by atoms with van der Waals surface area (Å²) in [6, 6.07) is 10.2. The van der Waals surface area contributed by atoms with Crippen molar-refractivity contribution in [1.29, 1.82) is 0 Å².